The van der Waals surface area contributed by atoms with Crippen molar-refractivity contribution in [3.05, 3.63) is 94.4 Å². The highest BCUT2D eigenvalue weighted by Gasteiger charge is 2.38. The molecule has 2 fully saturated rings. The number of likely N-dealkylation sites (N-methyl/N-ethyl adjacent to an activating group) is 1. The van der Waals surface area contributed by atoms with Crippen LogP contribution in [0.15, 0.2) is 82.5 Å². The fraction of sp³-hybridized carbons (Fsp3) is 0.344. The third-order valence-corrected chi connectivity index (χ3v) is 10.4. The van der Waals surface area contributed by atoms with Gasteiger partial charge in [0.15, 0.2) is 0 Å². The van der Waals surface area contributed by atoms with E-state index in [1.807, 2.05) is 6.07 Å². The maximum absolute atomic E-state index is 14.5. The predicted molar refractivity (Wildman–Crippen MR) is 165 cm³/mol. The summed E-state index contributed by atoms with van der Waals surface area (Å²) < 4.78 is 35.1. The number of amides is 1. The molecule has 0 N–H and O–H groups in total. The quantitative estimate of drug-likeness (QED) is 0.311. The van der Waals surface area contributed by atoms with Gasteiger partial charge in [0.05, 0.1) is 34.7 Å². The highest BCUT2D eigenvalue weighted by molar-refractivity contribution is 7.90. The van der Waals surface area contributed by atoms with Gasteiger partial charge >= 0.3 is 5.69 Å². The van der Waals surface area contributed by atoms with Crippen LogP contribution in [-0.2, 0) is 14.8 Å². The Hall–Kier alpha value is -4.44. The largest absolute Gasteiger partial charge is 0.497 e. The third-order valence-electron chi connectivity index (χ3n) is 8.70. The molecule has 2 atom stereocenters. The molecule has 2 saturated heterocycles. The molecular weight excluding hydrogens is 580 g/mol. The molecule has 228 valence electrons. The highest BCUT2D eigenvalue weighted by atomic mass is 32.2. The van der Waals surface area contributed by atoms with Gasteiger partial charge in [-0.2, -0.15) is 9.23 Å². The number of ether oxygens (including phenoxy) is 1. The molecule has 0 bridgehead atoms. The van der Waals surface area contributed by atoms with Crippen LogP contribution in [0.1, 0.15) is 23.6 Å². The number of nitrogens with zero attached hydrogens (tertiary/aromatic N) is 6. The second-order valence-corrected chi connectivity index (χ2v) is 13.1. The standard InChI is InChI=1S/C32H34N6O5S/c1-34-16-18-35(19-17-34)25-14-15-36(22-25)31(39)30(24-6-4-3-5-7-24)37-29-20-23(21-33)8-13-28(29)38(32(37)40)44(41,42)27-11-9-26(43-2)10-12-27/h3-13,20,25,30H,14-19,22H2,1-2H3. The Labute approximate surface area is 256 Å². The number of nitriles is 1. The van der Waals surface area contributed by atoms with E-state index >= 15 is 0 Å². The first-order chi connectivity index (χ1) is 21.2. The lowest BCUT2D eigenvalue weighted by Crippen LogP contribution is -2.50. The molecule has 2 aliphatic heterocycles. The maximum Gasteiger partial charge on any atom is 0.344 e. The second-order valence-electron chi connectivity index (χ2n) is 11.3. The monoisotopic (exact) mass is 614 g/mol. The lowest BCUT2D eigenvalue weighted by molar-refractivity contribution is -0.132. The van der Waals surface area contributed by atoms with Crippen LogP contribution in [-0.4, -0.2) is 97.0 Å². The number of likely N-dealkylation sites (tertiary alicyclic amines) is 1. The molecule has 6 rings (SSSR count). The van der Waals surface area contributed by atoms with E-state index in [1.165, 1.54) is 54.1 Å². The summed E-state index contributed by atoms with van der Waals surface area (Å²) in [5.74, 6) is 0.172. The lowest BCUT2D eigenvalue weighted by Gasteiger charge is -2.36. The Balaban J connectivity index is 1.48. The minimum atomic E-state index is -4.40. The summed E-state index contributed by atoms with van der Waals surface area (Å²) in [5.41, 5.74) is 0.160. The van der Waals surface area contributed by atoms with Crippen molar-refractivity contribution in [2.75, 3.05) is 53.4 Å². The Bertz CT molecular complexity index is 1890. The van der Waals surface area contributed by atoms with Gasteiger partial charge in [-0.05, 0) is 61.5 Å². The summed E-state index contributed by atoms with van der Waals surface area (Å²) in [6.45, 7) is 4.84. The SMILES string of the molecule is COc1ccc(S(=O)(=O)n2c(=O)n(C(C(=O)N3CCC(N4CCN(C)CC4)C3)c3ccccc3)c3cc(C#N)ccc32)cc1. The van der Waals surface area contributed by atoms with Gasteiger partial charge in [0, 0.05) is 45.3 Å². The van der Waals surface area contributed by atoms with E-state index in [0.717, 1.165) is 36.6 Å². The molecule has 0 saturated carbocycles. The van der Waals surface area contributed by atoms with Crippen LogP contribution in [0.2, 0.25) is 0 Å². The van der Waals surface area contributed by atoms with Crippen molar-refractivity contribution >= 4 is 27.0 Å². The zero-order valence-corrected chi connectivity index (χ0v) is 25.5. The van der Waals surface area contributed by atoms with E-state index in [2.05, 4.69) is 22.9 Å². The topological polar surface area (TPSA) is 121 Å². The van der Waals surface area contributed by atoms with Crippen LogP contribution >= 0.6 is 0 Å². The van der Waals surface area contributed by atoms with Crippen LogP contribution in [0.3, 0.4) is 0 Å². The van der Waals surface area contributed by atoms with Crippen LogP contribution in [0, 0.1) is 11.3 Å². The van der Waals surface area contributed by atoms with E-state index in [0.29, 0.717) is 24.4 Å². The minimum absolute atomic E-state index is 0.0790. The van der Waals surface area contributed by atoms with Crippen molar-refractivity contribution < 1.29 is 17.9 Å². The van der Waals surface area contributed by atoms with E-state index in [-0.39, 0.29) is 33.4 Å². The summed E-state index contributed by atoms with van der Waals surface area (Å²) in [6.07, 6.45) is 0.818. The number of piperazine rings is 1. The van der Waals surface area contributed by atoms with Gasteiger partial charge < -0.3 is 14.5 Å². The Morgan fingerprint density at radius 1 is 0.955 bits per heavy atom. The molecule has 3 aromatic carbocycles. The normalized spacial score (nSPS) is 18.8. The first-order valence-corrected chi connectivity index (χ1v) is 16.0. The minimum Gasteiger partial charge on any atom is -0.497 e. The van der Waals surface area contributed by atoms with E-state index in [4.69, 9.17) is 4.74 Å². The van der Waals surface area contributed by atoms with Crippen molar-refractivity contribution in [1.82, 2.24) is 23.2 Å². The molecule has 0 radical (unpaired) electrons. The lowest BCUT2D eigenvalue weighted by atomic mass is 10.0. The summed E-state index contributed by atoms with van der Waals surface area (Å²) in [6, 6.07) is 20.2. The summed E-state index contributed by atoms with van der Waals surface area (Å²) in [7, 11) is -0.820. The van der Waals surface area contributed by atoms with E-state index in [9.17, 15) is 23.3 Å². The number of carbonyl (C=O) groups excluding carboxylic acids is 1. The number of benzene rings is 3. The second kappa shape index (κ2) is 11.9. The molecule has 0 aliphatic carbocycles. The van der Waals surface area contributed by atoms with Crippen molar-refractivity contribution in [1.29, 1.82) is 5.26 Å². The number of aromatic nitrogens is 2. The molecular formula is C32H34N6O5S. The predicted octanol–water partition coefficient (Wildman–Crippen LogP) is 2.36. The average molecular weight is 615 g/mol. The van der Waals surface area contributed by atoms with E-state index in [1.54, 1.807) is 29.2 Å². The summed E-state index contributed by atoms with van der Waals surface area (Å²) >= 11 is 0. The van der Waals surface area contributed by atoms with Crippen LogP contribution < -0.4 is 10.4 Å². The summed E-state index contributed by atoms with van der Waals surface area (Å²) in [4.78, 5) is 35.2. The van der Waals surface area contributed by atoms with Gasteiger partial charge in [-0.15, -0.1) is 0 Å². The zero-order valence-electron chi connectivity index (χ0n) is 24.7. The molecule has 11 nitrogen and oxygen atoms in total. The Morgan fingerprint density at radius 2 is 1.66 bits per heavy atom. The zero-order chi connectivity index (χ0) is 31.0. The van der Waals surface area contributed by atoms with Gasteiger partial charge in [-0.3, -0.25) is 14.3 Å². The number of hydrogen-bond donors (Lipinski definition) is 0. The number of fused-ring (bicyclic) bond motifs is 1. The molecule has 3 heterocycles. The maximum atomic E-state index is 14.5. The molecule has 1 aromatic heterocycles. The van der Waals surface area contributed by atoms with Crippen LogP contribution in [0.25, 0.3) is 11.0 Å². The number of carbonyl (C=O) groups is 1. The smallest absolute Gasteiger partial charge is 0.344 e. The van der Waals surface area contributed by atoms with Gasteiger partial charge in [-0.25, -0.2) is 13.2 Å². The fourth-order valence-corrected chi connectivity index (χ4v) is 7.63. The fourth-order valence-electron chi connectivity index (χ4n) is 6.23. The van der Waals surface area contributed by atoms with Crippen molar-refractivity contribution in [3.63, 3.8) is 0 Å². The van der Waals surface area contributed by atoms with Crippen molar-refractivity contribution in [2.45, 2.75) is 23.4 Å². The van der Waals surface area contributed by atoms with Gasteiger partial charge in [0.1, 0.15) is 11.8 Å². The Morgan fingerprint density at radius 3 is 2.32 bits per heavy atom. The molecule has 44 heavy (non-hydrogen) atoms. The van der Waals surface area contributed by atoms with E-state index < -0.39 is 21.8 Å². The van der Waals surface area contributed by atoms with Crippen LogP contribution in [0.4, 0.5) is 0 Å². The highest BCUT2D eigenvalue weighted by Crippen LogP contribution is 2.30. The van der Waals surface area contributed by atoms with Crippen molar-refractivity contribution in [2.24, 2.45) is 0 Å². The first-order valence-electron chi connectivity index (χ1n) is 14.6. The van der Waals surface area contributed by atoms with Crippen molar-refractivity contribution in [3.8, 4) is 11.8 Å². The van der Waals surface area contributed by atoms with Gasteiger partial charge in [0.2, 0.25) is 0 Å². The molecule has 4 aromatic rings. The number of hydrogen-bond acceptors (Lipinski definition) is 8. The molecule has 12 heteroatoms. The number of imidazole rings is 1. The third kappa shape index (κ3) is 5.27. The summed E-state index contributed by atoms with van der Waals surface area (Å²) in [5, 5.41) is 9.70. The number of rotatable bonds is 7. The number of methoxy groups -OCH3 is 1. The molecule has 1 amide bonds. The van der Waals surface area contributed by atoms with Gasteiger partial charge in [0.25, 0.3) is 15.9 Å². The average Bonchev–Trinajstić information content (AvgIpc) is 3.65. The molecule has 0 spiro atoms. The van der Waals surface area contributed by atoms with Crippen LogP contribution in [0.5, 0.6) is 5.75 Å². The molecule has 2 aliphatic rings. The van der Waals surface area contributed by atoms with Gasteiger partial charge in [-0.1, -0.05) is 30.3 Å². The molecule has 2 unspecified atom stereocenters. The first kappa shape index (κ1) is 29.6. The Kier molecular flexibility index (Phi) is 8.02.